The quantitative estimate of drug-likeness (QED) is 0.643. The summed E-state index contributed by atoms with van der Waals surface area (Å²) in [5.41, 5.74) is 2.70. The van der Waals surface area contributed by atoms with Gasteiger partial charge in [-0.25, -0.2) is 0 Å². The highest BCUT2D eigenvalue weighted by atomic mass is 16.5. The number of anilines is 2. The van der Waals surface area contributed by atoms with Crippen molar-refractivity contribution < 1.29 is 9.53 Å². The molecule has 2 aromatic carbocycles. The Labute approximate surface area is 148 Å². The standard InChI is InChI=1S/C20H21N3O2/c1-4-23(18-7-5-6-15(2)12-18)14-16(13-21)20(24)22-17-8-10-19(25-3)11-9-17/h5-12,14H,4H2,1-3H3,(H,22,24)/b16-14-. The molecular formula is C20H21N3O2. The lowest BCUT2D eigenvalue weighted by atomic mass is 10.2. The number of nitrogens with zero attached hydrogens (tertiary/aromatic N) is 2. The van der Waals surface area contributed by atoms with E-state index in [1.165, 1.54) is 0 Å². The number of hydrogen-bond acceptors (Lipinski definition) is 4. The van der Waals surface area contributed by atoms with Crippen molar-refractivity contribution in [3.05, 3.63) is 65.9 Å². The molecule has 0 aromatic heterocycles. The first-order valence-electron chi connectivity index (χ1n) is 7.98. The molecule has 0 heterocycles. The van der Waals surface area contributed by atoms with E-state index in [1.54, 1.807) is 37.6 Å². The summed E-state index contributed by atoms with van der Waals surface area (Å²) in [6, 6.07) is 16.8. The van der Waals surface area contributed by atoms with Crippen molar-refractivity contribution in [1.82, 2.24) is 0 Å². The lowest BCUT2D eigenvalue weighted by molar-refractivity contribution is -0.112. The third kappa shape index (κ3) is 4.85. The van der Waals surface area contributed by atoms with Gasteiger partial charge in [0.25, 0.3) is 5.91 Å². The van der Waals surface area contributed by atoms with Crippen LogP contribution in [0.2, 0.25) is 0 Å². The lowest BCUT2D eigenvalue weighted by Gasteiger charge is -2.19. The van der Waals surface area contributed by atoms with E-state index in [0.29, 0.717) is 18.0 Å². The summed E-state index contributed by atoms with van der Waals surface area (Å²) in [7, 11) is 1.58. The van der Waals surface area contributed by atoms with Gasteiger partial charge in [0.05, 0.1) is 7.11 Å². The van der Waals surface area contributed by atoms with Crippen LogP contribution < -0.4 is 15.0 Å². The average molecular weight is 335 g/mol. The molecule has 0 spiro atoms. The highest BCUT2D eigenvalue weighted by Gasteiger charge is 2.12. The second kappa shape index (κ2) is 8.55. The molecule has 0 saturated carbocycles. The van der Waals surface area contributed by atoms with Gasteiger partial charge in [0.15, 0.2) is 0 Å². The van der Waals surface area contributed by atoms with Gasteiger partial charge < -0.3 is 15.0 Å². The number of rotatable bonds is 6. The number of carbonyl (C=O) groups excluding carboxylic acids is 1. The van der Waals surface area contributed by atoms with Crippen molar-refractivity contribution >= 4 is 17.3 Å². The normalized spacial score (nSPS) is 10.7. The zero-order chi connectivity index (χ0) is 18.2. The third-order valence-electron chi connectivity index (χ3n) is 3.67. The van der Waals surface area contributed by atoms with Gasteiger partial charge in [0.1, 0.15) is 17.4 Å². The van der Waals surface area contributed by atoms with E-state index >= 15 is 0 Å². The minimum Gasteiger partial charge on any atom is -0.497 e. The molecule has 1 amide bonds. The molecule has 0 aliphatic heterocycles. The van der Waals surface area contributed by atoms with Gasteiger partial charge >= 0.3 is 0 Å². The molecule has 5 nitrogen and oxygen atoms in total. The molecule has 5 heteroatoms. The van der Waals surface area contributed by atoms with Crippen molar-refractivity contribution in [2.75, 3.05) is 23.9 Å². The van der Waals surface area contributed by atoms with Gasteiger partial charge in [-0.3, -0.25) is 4.79 Å². The van der Waals surface area contributed by atoms with E-state index in [4.69, 9.17) is 4.74 Å². The van der Waals surface area contributed by atoms with Crippen molar-refractivity contribution in [3.8, 4) is 11.8 Å². The molecule has 0 fully saturated rings. The topological polar surface area (TPSA) is 65.4 Å². The Hall–Kier alpha value is -3.26. The highest BCUT2D eigenvalue weighted by molar-refractivity contribution is 6.06. The number of nitrogens with one attached hydrogen (secondary N) is 1. The van der Waals surface area contributed by atoms with Gasteiger partial charge in [-0.1, -0.05) is 12.1 Å². The van der Waals surface area contributed by atoms with Gasteiger partial charge in [-0.05, 0) is 55.8 Å². The number of nitriles is 1. The number of ether oxygens (including phenoxy) is 1. The van der Waals surface area contributed by atoms with Crippen LogP contribution in [0, 0.1) is 18.3 Å². The van der Waals surface area contributed by atoms with Crippen LogP contribution in [0.5, 0.6) is 5.75 Å². The number of hydrogen-bond donors (Lipinski definition) is 1. The smallest absolute Gasteiger partial charge is 0.267 e. The molecule has 0 radical (unpaired) electrons. The number of methoxy groups -OCH3 is 1. The van der Waals surface area contributed by atoms with E-state index in [1.807, 2.05) is 49.1 Å². The third-order valence-corrected chi connectivity index (χ3v) is 3.67. The number of amides is 1. The van der Waals surface area contributed by atoms with Crippen LogP contribution in [0.25, 0.3) is 0 Å². The summed E-state index contributed by atoms with van der Waals surface area (Å²) in [4.78, 5) is 14.3. The summed E-state index contributed by atoms with van der Waals surface area (Å²) >= 11 is 0. The monoisotopic (exact) mass is 335 g/mol. The Morgan fingerprint density at radius 3 is 2.56 bits per heavy atom. The lowest BCUT2D eigenvalue weighted by Crippen LogP contribution is -2.20. The van der Waals surface area contributed by atoms with E-state index in [0.717, 1.165) is 11.3 Å². The summed E-state index contributed by atoms with van der Waals surface area (Å²) in [5.74, 6) is 0.254. The Kier molecular flexibility index (Phi) is 6.19. The van der Waals surface area contributed by atoms with E-state index in [9.17, 15) is 10.1 Å². The molecule has 2 aromatic rings. The van der Waals surface area contributed by atoms with Crippen molar-refractivity contribution in [2.24, 2.45) is 0 Å². The number of aryl methyl sites for hydroxylation is 1. The van der Waals surface area contributed by atoms with Gasteiger partial charge in [-0.2, -0.15) is 5.26 Å². The largest absolute Gasteiger partial charge is 0.497 e. The molecule has 128 valence electrons. The van der Waals surface area contributed by atoms with Gasteiger partial charge in [0, 0.05) is 24.1 Å². The highest BCUT2D eigenvalue weighted by Crippen LogP contribution is 2.18. The van der Waals surface area contributed by atoms with Crippen LogP contribution >= 0.6 is 0 Å². The molecule has 25 heavy (non-hydrogen) atoms. The van der Waals surface area contributed by atoms with Crippen molar-refractivity contribution in [3.63, 3.8) is 0 Å². The molecule has 2 rings (SSSR count). The van der Waals surface area contributed by atoms with Crippen molar-refractivity contribution in [1.29, 1.82) is 5.26 Å². The Morgan fingerprint density at radius 1 is 1.28 bits per heavy atom. The summed E-state index contributed by atoms with van der Waals surface area (Å²) in [6.07, 6.45) is 1.58. The molecule has 0 bridgehead atoms. The van der Waals surface area contributed by atoms with Crippen LogP contribution in [-0.4, -0.2) is 19.6 Å². The van der Waals surface area contributed by atoms with Crippen LogP contribution in [0.4, 0.5) is 11.4 Å². The average Bonchev–Trinajstić information content (AvgIpc) is 2.63. The minimum absolute atomic E-state index is 0.0409. The maximum absolute atomic E-state index is 12.4. The fraction of sp³-hybridized carbons (Fsp3) is 0.200. The molecule has 0 aliphatic rings. The maximum Gasteiger partial charge on any atom is 0.267 e. The first-order valence-corrected chi connectivity index (χ1v) is 7.98. The van der Waals surface area contributed by atoms with Gasteiger partial charge in [0.2, 0.25) is 0 Å². The van der Waals surface area contributed by atoms with E-state index < -0.39 is 5.91 Å². The molecule has 1 N–H and O–H groups in total. The number of carbonyl (C=O) groups is 1. The molecule has 0 aliphatic carbocycles. The Morgan fingerprint density at radius 2 is 2.00 bits per heavy atom. The predicted octanol–water partition coefficient (Wildman–Crippen LogP) is 3.88. The maximum atomic E-state index is 12.4. The first kappa shape index (κ1) is 18.1. The predicted molar refractivity (Wildman–Crippen MR) is 99.5 cm³/mol. The molecule has 0 atom stereocenters. The van der Waals surface area contributed by atoms with Gasteiger partial charge in [-0.15, -0.1) is 0 Å². The number of benzene rings is 2. The summed E-state index contributed by atoms with van der Waals surface area (Å²) in [6.45, 7) is 4.61. The second-order valence-corrected chi connectivity index (χ2v) is 5.46. The zero-order valence-electron chi connectivity index (χ0n) is 14.6. The molecule has 0 unspecified atom stereocenters. The second-order valence-electron chi connectivity index (χ2n) is 5.46. The van der Waals surface area contributed by atoms with E-state index in [-0.39, 0.29) is 5.57 Å². The fourth-order valence-electron chi connectivity index (χ4n) is 2.32. The molecule has 0 saturated heterocycles. The fourth-order valence-corrected chi connectivity index (χ4v) is 2.32. The minimum atomic E-state index is -0.446. The summed E-state index contributed by atoms with van der Waals surface area (Å²) in [5, 5.41) is 12.1. The van der Waals surface area contributed by atoms with Crippen molar-refractivity contribution in [2.45, 2.75) is 13.8 Å². The Balaban J connectivity index is 2.19. The van der Waals surface area contributed by atoms with Crippen LogP contribution in [0.3, 0.4) is 0 Å². The van der Waals surface area contributed by atoms with Crippen LogP contribution in [-0.2, 0) is 4.79 Å². The van der Waals surface area contributed by atoms with E-state index in [2.05, 4.69) is 5.32 Å². The zero-order valence-corrected chi connectivity index (χ0v) is 14.6. The SMILES string of the molecule is CCN(/C=C(/C#N)C(=O)Nc1ccc(OC)cc1)c1cccc(C)c1. The summed E-state index contributed by atoms with van der Waals surface area (Å²) < 4.78 is 5.09. The van der Waals surface area contributed by atoms with Crippen LogP contribution in [0.1, 0.15) is 12.5 Å². The Bertz CT molecular complexity index is 804. The molecular weight excluding hydrogens is 314 g/mol. The first-order chi connectivity index (χ1) is 12.1. The van der Waals surface area contributed by atoms with Crippen LogP contribution in [0.15, 0.2) is 60.3 Å².